The van der Waals surface area contributed by atoms with Gasteiger partial charge in [-0.2, -0.15) is 0 Å². The van der Waals surface area contributed by atoms with Crippen LogP contribution in [-0.2, 0) is 4.79 Å². The van der Waals surface area contributed by atoms with Crippen LogP contribution in [0.5, 0.6) is 5.75 Å². The third-order valence-electron chi connectivity index (χ3n) is 2.70. The maximum atomic E-state index is 11.9. The van der Waals surface area contributed by atoms with Crippen molar-refractivity contribution in [1.82, 2.24) is 0 Å². The van der Waals surface area contributed by atoms with Crippen LogP contribution in [0.1, 0.15) is 19.3 Å². The van der Waals surface area contributed by atoms with Gasteiger partial charge in [-0.3, -0.25) is 4.79 Å². The van der Waals surface area contributed by atoms with E-state index in [1.54, 1.807) is 11.8 Å². The van der Waals surface area contributed by atoms with E-state index in [1.165, 1.54) is 0 Å². The summed E-state index contributed by atoms with van der Waals surface area (Å²) < 4.78 is 5.73. The summed E-state index contributed by atoms with van der Waals surface area (Å²) >= 11 is 1.70. The molecule has 0 amide bonds. The second-order valence-corrected chi connectivity index (χ2v) is 5.07. The van der Waals surface area contributed by atoms with Crippen molar-refractivity contribution < 1.29 is 9.53 Å². The summed E-state index contributed by atoms with van der Waals surface area (Å²) in [5.74, 6) is 1.77. The molecular formula is C14H16O2S. The zero-order valence-electron chi connectivity index (χ0n) is 9.72. The summed E-state index contributed by atoms with van der Waals surface area (Å²) in [4.78, 5) is 13.0. The molecule has 1 heterocycles. The van der Waals surface area contributed by atoms with Crippen LogP contribution in [0, 0.1) is 0 Å². The smallest absolute Gasteiger partial charge is 0.174 e. The molecule has 0 radical (unpaired) electrons. The Balaban J connectivity index is 1.93. The standard InChI is InChI=1S/C14H16O2S/c1-2-3-4-7-11(15)13-10-17-14-9-6-5-8-12(14)16-13/h2,5-6,8-9,13H,1,3-4,7,10H2. The summed E-state index contributed by atoms with van der Waals surface area (Å²) in [5, 5.41) is 0. The summed E-state index contributed by atoms with van der Waals surface area (Å²) in [7, 11) is 0. The number of benzene rings is 1. The molecule has 1 atom stereocenters. The van der Waals surface area contributed by atoms with Crippen molar-refractivity contribution in [2.75, 3.05) is 5.75 Å². The van der Waals surface area contributed by atoms with Gasteiger partial charge >= 0.3 is 0 Å². The van der Waals surface area contributed by atoms with Crippen LogP contribution in [0.2, 0.25) is 0 Å². The van der Waals surface area contributed by atoms with Gasteiger partial charge in [0.05, 0.1) is 0 Å². The molecule has 0 spiro atoms. The Bertz CT molecular complexity index is 414. The summed E-state index contributed by atoms with van der Waals surface area (Å²) in [6.45, 7) is 3.65. The van der Waals surface area contributed by atoms with Gasteiger partial charge in [-0.1, -0.05) is 18.2 Å². The van der Waals surface area contributed by atoms with Gasteiger partial charge in [0.15, 0.2) is 11.9 Å². The van der Waals surface area contributed by atoms with Gasteiger partial charge in [-0.25, -0.2) is 0 Å². The second kappa shape index (κ2) is 5.92. The molecule has 0 aliphatic carbocycles. The Morgan fingerprint density at radius 2 is 2.35 bits per heavy atom. The first kappa shape index (κ1) is 12.2. The number of hydrogen-bond donors (Lipinski definition) is 0. The molecule has 0 fully saturated rings. The molecule has 1 aliphatic rings. The Morgan fingerprint density at radius 1 is 1.53 bits per heavy atom. The van der Waals surface area contributed by atoms with Crippen LogP contribution in [0.25, 0.3) is 0 Å². The van der Waals surface area contributed by atoms with Crippen LogP contribution in [0.3, 0.4) is 0 Å². The van der Waals surface area contributed by atoms with Crippen molar-refractivity contribution in [2.24, 2.45) is 0 Å². The van der Waals surface area contributed by atoms with Crippen molar-refractivity contribution in [2.45, 2.75) is 30.3 Å². The monoisotopic (exact) mass is 248 g/mol. The lowest BCUT2D eigenvalue weighted by molar-refractivity contribution is -0.125. The number of fused-ring (bicyclic) bond motifs is 1. The van der Waals surface area contributed by atoms with Crippen LogP contribution in [0.4, 0.5) is 0 Å². The molecule has 0 bridgehead atoms. The number of carbonyl (C=O) groups excluding carboxylic acids is 1. The number of para-hydroxylation sites is 1. The fourth-order valence-corrected chi connectivity index (χ4v) is 2.78. The van der Waals surface area contributed by atoms with E-state index < -0.39 is 0 Å². The Morgan fingerprint density at radius 3 is 3.18 bits per heavy atom. The number of carbonyl (C=O) groups is 1. The van der Waals surface area contributed by atoms with Crippen molar-refractivity contribution in [1.29, 1.82) is 0 Å². The van der Waals surface area contributed by atoms with Gasteiger partial charge in [-0.15, -0.1) is 18.3 Å². The van der Waals surface area contributed by atoms with Gasteiger partial charge in [0.25, 0.3) is 0 Å². The maximum Gasteiger partial charge on any atom is 0.174 e. The highest BCUT2D eigenvalue weighted by Gasteiger charge is 2.25. The molecule has 2 nitrogen and oxygen atoms in total. The number of ketones is 1. The number of unbranched alkanes of at least 4 members (excludes halogenated alkanes) is 1. The molecule has 17 heavy (non-hydrogen) atoms. The van der Waals surface area contributed by atoms with Crippen LogP contribution < -0.4 is 4.74 Å². The molecule has 0 N–H and O–H groups in total. The van der Waals surface area contributed by atoms with Crippen LogP contribution >= 0.6 is 11.8 Å². The van der Waals surface area contributed by atoms with E-state index in [4.69, 9.17) is 4.74 Å². The number of Topliss-reactive ketones (excluding diaryl/α,β-unsaturated/α-hetero) is 1. The van der Waals surface area contributed by atoms with Crippen molar-refractivity contribution >= 4 is 17.5 Å². The lowest BCUT2D eigenvalue weighted by Gasteiger charge is -2.24. The first-order valence-electron chi connectivity index (χ1n) is 5.83. The highest BCUT2D eigenvalue weighted by Crippen LogP contribution is 2.35. The highest BCUT2D eigenvalue weighted by molar-refractivity contribution is 7.99. The average Bonchev–Trinajstić information content (AvgIpc) is 2.38. The Hall–Kier alpha value is -1.22. The van der Waals surface area contributed by atoms with Gasteiger partial charge in [0.2, 0.25) is 0 Å². The van der Waals surface area contributed by atoms with Crippen molar-refractivity contribution in [3.63, 3.8) is 0 Å². The van der Waals surface area contributed by atoms with E-state index in [0.29, 0.717) is 6.42 Å². The quantitative estimate of drug-likeness (QED) is 0.589. The topological polar surface area (TPSA) is 26.3 Å². The van der Waals surface area contributed by atoms with Gasteiger partial charge in [0.1, 0.15) is 5.75 Å². The minimum absolute atomic E-state index is 0.203. The first-order valence-corrected chi connectivity index (χ1v) is 6.82. The average molecular weight is 248 g/mol. The van der Waals surface area contributed by atoms with E-state index in [-0.39, 0.29) is 11.9 Å². The zero-order chi connectivity index (χ0) is 12.1. The molecule has 1 unspecified atom stereocenters. The van der Waals surface area contributed by atoms with Crippen molar-refractivity contribution in [3.8, 4) is 5.75 Å². The lowest BCUT2D eigenvalue weighted by Crippen LogP contribution is -2.32. The minimum atomic E-state index is -0.278. The number of hydrogen-bond acceptors (Lipinski definition) is 3. The van der Waals surface area contributed by atoms with Gasteiger partial charge < -0.3 is 4.74 Å². The third-order valence-corrected chi connectivity index (χ3v) is 3.82. The lowest BCUT2D eigenvalue weighted by atomic mass is 10.1. The Labute approximate surface area is 106 Å². The first-order chi connectivity index (χ1) is 8.31. The summed E-state index contributed by atoms with van der Waals surface area (Å²) in [6.07, 6.45) is 3.91. The number of rotatable bonds is 5. The zero-order valence-corrected chi connectivity index (χ0v) is 10.5. The SMILES string of the molecule is C=CCCCC(=O)C1CSc2ccccc2O1. The molecule has 0 aromatic heterocycles. The molecular weight excluding hydrogens is 232 g/mol. The number of ether oxygens (including phenoxy) is 1. The van der Waals surface area contributed by atoms with E-state index in [1.807, 2.05) is 30.3 Å². The minimum Gasteiger partial charge on any atom is -0.481 e. The summed E-state index contributed by atoms with van der Waals surface area (Å²) in [5.41, 5.74) is 0. The van der Waals surface area contributed by atoms with E-state index in [9.17, 15) is 4.79 Å². The van der Waals surface area contributed by atoms with E-state index >= 15 is 0 Å². The van der Waals surface area contributed by atoms with Crippen molar-refractivity contribution in [3.05, 3.63) is 36.9 Å². The molecule has 0 saturated carbocycles. The normalized spacial score (nSPS) is 18.0. The third kappa shape index (κ3) is 3.13. The van der Waals surface area contributed by atoms with Gasteiger partial charge in [0, 0.05) is 17.1 Å². The molecule has 90 valence electrons. The molecule has 2 rings (SSSR count). The fraction of sp³-hybridized carbons (Fsp3) is 0.357. The second-order valence-electron chi connectivity index (χ2n) is 4.01. The fourth-order valence-electron chi connectivity index (χ4n) is 1.76. The molecule has 1 aromatic rings. The number of thioether (sulfide) groups is 1. The Kier molecular flexibility index (Phi) is 4.26. The molecule has 1 aromatic carbocycles. The number of allylic oxidation sites excluding steroid dienone is 1. The molecule has 1 aliphatic heterocycles. The van der Waals surface area contributed by atoms with Crippen LogP contribution in [0.15, 0.2) is 41.8 Å². The highest BCUT2D eigenvalue weighted by atomic mass is 32.2. The predicted molar refractivity (Wildman–Crippen MR) is 70.6 cm³/mol. The predicted octanol–water partition coefficient (Wildman–Crippen LogP) is 3.47. The van der Waals surface area contributed by atoms with Crippen LogP contribution in [-0.4, -0.2) is 17.6 Å². The molecule has 0 saturated heterocycles. The maximum absolute atomic E-state index is 11.9. The molecule has 3 heteroatoms. The summed E-state index contributed by atoms with van der Waals surface area (Å²) in [6, 6.07) is 7.87. The van der Waals surface area contributed by atoms with Gasteiger partial charge in [-0.05, 0) is 25.0 Å². The van der Waals surface area contributed by atoms with E-state index in [0.717, 1.165) is 29.2 Å². The van der Waals surface area contributed by atoms with E-state index in [2.05, 4.69) is 6.58 Å². The largest absolute Gasteiger partial charge is 0.481 e.